The molecular weight excluding hydrogens is 312 g/mol. The van der Waals surface area contributed by atoms with Crippen LogP contribution < -0.4 is 11.5 Å². The molecule has 4 nitrogen and oxygen atoms in total. The van der Waals surface area contributed by atoms with Crippen molar-refractivity contribution in [3.8, 4) is 21.1 Å². The van der Waals surface area contributed by atoms with Crippen LogP contribution in [0.25, 0.3) is 30.8 Å². The van der Waals surface area contributed by atoms with E-state index >= 15 is 0 Å². The minimum atomic E-state index is 0.733. The lowest BCUT2D eigenvalue weighted by Gasteiger charge is -2.01. The van der Waals surface area contributed by atoms with Crippen LogP contribution >= 0.6 is 22.7 Å². The average Bonchev–Trinajstić information content (AvgIpc) is 3.06. The van der Waals surface area contributed by atoms with Gasteiger partial charge in [-0.05, 0) is 24.3 Å². The number of nitrogens with zero attached hydrogens (tertiary/aromatic N) is 2. The summed E-state index contributed by atoms with van der Waals surface area (Å²) in [5.74, 6) is 0. The second-order valence-electron chi connectivity index (χ2n) is 4.82. The maximum Gasteiger partial charge on any atom is 0.182 e. The van der Waals surface area contributed by atoms with Crippen molar-refractivity contribution in [2.75, 3.05) is 11.5 Å². The maximum absolute atomic E-state index is 6.02. The molecule has 2 aromatic heterocycles. The first-order valence-corrected chi connectivity index (χ1v) is 8.33. The first-order valence-electron chi connectivity index (χ1n) is 6.69. The van der Waals surface area contributed by atoms with E-state index in [4.69, 9.17) is 11.5 Å². The molecule has 0 radical (unpaired) electrons. The van der Waals surface area contributed by atoms with E-state index in [0.717, 1.165) is 42.2 Å². The number of aromatic nitrogens is 2. The molecule has 108 valence electrons. The van der Waals surface area contributed by atoms with Gasteiger partial charge in [0.25, 0.3) is 0 Å². The smallest absolute Gasteiger partial charge is 0.182 e. The van der Waals surface area contributed by atoms with E-state index < -0.39 is 0 Å². The molecule has 0 atom stereocenters. The highest BCUT2D eigenvalue weighted by molar-refractivity contribution is 7.40. The van der Waals surface area contributed by atoms with E-state index in [-0.39, 0.29) is 0 Å². The number of hydrogen-bond donors (Lipinski definition) is 2. The zero-order valence-corrected chi connectivity index (χ0v) is 13.1. The molecule has 0 bridgehead atoms. The second kappa shape index (κ2) is 5.08. The molecule has 0 saturated carbocycles. The molecule has 0 aliphatic heterocycles. The summed E-state index contributed by atoms with van der Waals surface area (Å²) in [6, 6.07) is 15.5. The maximum atomic E-state index is 6.02. The summed E-state index contributed by atoms with van der Waals surface area (Å²) < 4.78 is 1.08. The van der Waals surface area contributed by atoms with Gasteiger partial charge in [-0.1, -0.05) is 24.3 Å². The highest BCUT2D eigenvalue weighted by atomic mass is 32.2. The Balaban J connectivity index is 1.81. The Morgan fingerprint density at radius 1 is 0.682 bits per heavy atom. The van der Waals surface area contributed by atoms with Gasteiger partial charge < -0.3 is 11.5 Å². The monoisotopic (exact) mass is 324 g/mol. The van der Waals surface area contributed by atoms with E-state index in [0.29, 0.717) is 0 Å². The first kappa shape index (κ1) is 13.2. The van der Waals surface area contributed by atoms with Gasteiger partial charge in [-0.2, -0.15) is 0 Å². The molecule has 0 aliphatic carbocycles. The number of fused-ring (bicyclic) bond motifs is 1. The highest BCUT2D eigenvalue weighted by Crippen LogP contribution is 2.39. The van der Waals surface area contributed by atoms with Crippen molar-refractivity contribution in [3.05, 3.63) is 48.5 Å². The number of hydrogen-bond acceptors (Lipinski definition) is 6. The van der Waals surface area contributed by atoms with Gasteiger partial charge in [0.05, 0.1) is 0 Å². The molecule has 0 spiro atoms. The van der Waals surface area contributed by atoms with Gasteiger partial charge in [-0.25, -0.2) is 9.97 Å². The van der Waals surface area contributed by atoms with Crippen LogP contribution in [0, 0.1) is 0 Å². The van der Waals surface area contributed by atoms with Gasteiger partial charge in [-0.15, -0.1) is 22.7 Å². The zero-order valence-electron chi connectivity index (χ0n) is 11.5. The molecule has 0 fully saturated rings. The molecule has 4 aromatic rings. The number of benzene rings is 2. The second-order valence-corrected chi connectivity index (χ2v) is 7.08. The summed E-state index contributed by atoms with van der Waals surface area (Å²) in [5, 5.41) is 1.80. The van der Waals surface area contributed by atoms with Crippen LogP contribution in [0.5, 0.6) is 0 Å². The Kier molecular flexibility index (Phi) is 3.06. The van der Waals surface area contributed by atoms with Gasteiger partial charge >= 0.3 is 0 Å². The number of rotatable bonds is 2. The Morgan fingerprint density at radius 3 is 1.55 bits per heavy atom. The number of nitrogens with two attached hydrogens (primary N) is 2. The van der Waals surface area contributed by atoms with Gasteiger partial charge in [-0.3, -0.25) is 0 Å². The van der Waals surface area contributed by atoms with Gasteiger partial charge in [0.1, 0.15) is 14.0 Å². The summed E-state index contributed by atoms with van der Waals surface area (Å²) in [7, 11) is 0. The fourth-order valence-corrected chi connectivity index (χ4v) is 4.47. The topological polar surface area (TPSA) is 77.8 Å². The van der Waals surface area contributed by atoms with Gasteiger partial charge in [0.2, 0.25) is 0 Å². The van der Waals surface area contributed by atoms with Crippen LogP contribution in [0.3, 0.4) is 0 Å². The summed E-state index contributed by atoms with van der Waals surface area (Å²) >= 11 is 3.22. The molecule has 6 heteroatoms. The zero-order chi connectivity index (χ0) is 15.1. The standard InChI is InChI=1S/C16H12N4S2/c17-11-7-3-1-5-9(11)14-19-13-16(21-14)22-15(20-13)10-6-2-4-8-12(10)18/h1-8H,17-18H2. The van der Waals surface area contributed by atoms with Crippen molar-refractivity contribution in [2.45, 2.75) is 0 Å². The van der Waals surface area contributed by atoms with Gasteiger partial charge in [0, 0.05) is 22.5 Å². The Hall–Kier alpha value is -2.44. The molecular formula is C16H12N4S2. The number of nitrogen functional groups attached to an aromatic ring is 2. The van der Waals surface area contributed by atoms with Crippen LogP contribution in [0.1, 0.15) is 0 Å². The van der Waals surface area contributed by atoms with E-state index in [1.54, 1.807) is 22.7 Å². The van der Waals surface area contributed by atoms with Gasteiger partial charge in [0.15, 0.2) is 5.65 Å². The van der Waals surface area contributed by atoms with E-state index in [1.165, 1.54) is 0 Å². The van der Waals surface area contributed by atoms with Crippen molar-refractivity contribution in [1.82, 2.24) is 9.97 Å². The summed E-state index contributed by atoms with van der Waals surface area (Å²) in [6.07, 6.45) is 0. The van der Waals surface area contributed by atoms with Crippen molar-refractivity contribution >= 4 is 43.7 Å². The normalized spacial score (nSPS) is 11.1. The molecule has 2 heterocycles. The Labute approximate surface area is 135 Å². The quantitative estimate of drug-likeness (QED) is 0.540. The summed E-state index contributed by atoms with van der Waals surface area (Å²) in [5.41, 5.74) is 16.2. The van der Waals surface area contributed by atoms with Crippen LogP contribution in [0.15, 0.2) is 48.5 Å². The molecule has 2 aromatic carbocycles. The molecule has 22 heavy (non-hydrogen) atoms. The third-order valence-corrected chi connectivity index (χ3v) is 5.60. The number of para-hydroxylation sites is 2. The SMILES string of the molecule is Nc1ccccc1-c1nc2nc(-c3ccccc3N)sc2s1. The lowest BCUT2D eigenvalue weighted by atomic mass is 10.2. The van der Waals surface area contributed by atoms with Crippen molar-refractivity contribution in [2.24, 2.45) is 0 Å². The van der Waals surface area contributed by atoms with Crippen LogP contribution in [-0.4, -0.2) is 9.97 Å². The minimum Gasteiger partial charge on any atom is -0.398 e. The molecule has 0 saturated heterocycles. The third-order valence-electron chi connectivity index (χ3n) is 3.36. The summed E-state index contributed by atoms with van der Waals surface area (Å²) in [4.78, 5) is 9.23. The minimum absolute atomic E-state index is 0.733. The predicted octanol–water partition coefficient (Wildman–Crippen LogP) is 4.25. The Morgan fingerprint density at radius 2 is 1.14 bits per heavy atom. The van der Waals surface area contributed by atoms with Crippen LogP contribution in [0.2, 0.25) is 0 Å². The Bertz CT molecular complexity index is 865. The molecule has 4 N–H and O–H groups in total. The van der Waals surface area contributed by atoms with Crippen molar-refractivity contribution in [3.63, 3.8) is 0 Å². The highest BCUT2D eigenvalue weighted by Gasteiger charge is 2.15. The lowest BCUT2D eigenvalue weighted by Crippen LogP contribution is -1.89. The van der Waals surface area contributed by atoms with E-state index in [2.05, 4.69) is 9.97 Å². The molecule has 4 rings (SSSR count). The summed E-state index contributed by atoms with van der Waals surface area (Å²) in [6.45, 7) is 0. The largest absolute Gasteiger partial charge is 0.398 e. The molecule has 0 aliphatic rings. The fraction of sp³-hybridized carbons (Fsp3) is 0. The molecule has 0 unspecified atom stereocenters. The van der Waals surface area contributed by atoms with Crippen LogP contribution in [0.4, 0.5) is 11.4 Å². The molecule has 0 amide bonds. The van der Waals surface area contributed by atoms with E-state index in [1.807, 2.05) is 48.5 Å². The average molecular weight is 324 g/mol. The predicted molar refractivity (Wildman–Crippen MR) is 95.0 cm³/mol. The van der Waals surface area contributed by atoms with Crippen molar-refractivity contribution in [1.29, 1.82) is 0 Å². The van der Waals surface area contributed by atoms with E-state index in [9.17, 15) is 0 Å². The number of thiazole rings is 2. The number of anilines is 2. The lowest BCUT2D eigenvalue weighted by molar-refractivity contribution is 1.37. The van der Waals surface area contributed by atoms with Crippen LogP contribution in [-0.2, 0) is 0 Å². The third kappa shape index (κ3) is 2.13. The fourth-order valence-electron chi connectivity index (χ4n) is 2.26. The first-order chi connectivity index (χ1) is 10.7. The van der Waals surface area contributed by atoms with Crippen molar-refractivity contribution < 1.29 is 0 Å².